The van der Waals surface area contributed by atoms with Crippen LogP contribution in [0.15, 0.2) is 47.5 Å². The number of anilines is 2. The third kappa shape index (κ3) is 3.92. The zero-order valence-electron chi connectivity index (χ0n) is 14.7. The molecule has 0 atom stereocenters. The molecule has 0 fully saturated rings. The fourth-order valence-electron chi connectivity index (χ4n) is 2.61. The Kier molecular flexibility index (Phi) is 5.09. The first-order valence-electron chi connectivity index (χ1n) is 8.06. The van der Waals surface area contributed by atoms with Crippen LogP contribution in [-0.2, 0) is 5.41 Å². The van der Waals surface area contributed by atoms with Crippen LogP contribution in [0.4, 0.5) is 17.1 Å². The Morgan fingerprint density at radius 3 is 2.43 bits per heavy atom. The minimum atomic E-state index is 0.0819. The molecule has 23 heavy (non-hydrogen) atoms. The molecule has 0 saturated heterocycles. The van der Waals surface area contributed by atoms with Gasteiger partial charge in [0.05, 0.1) is 11.4 Å². The van der Waals surface area contributed by atoms with Gasteiger partial charge in [0.15, 0.2) is 0 Å². The Bertz CT molecular complexity index is 699. The average molecular weight is 310 g/mol. The third-order valence-electron chi connectivity index (χ3n) is 3.86. The first-order chi connectivity index (χ1) is 10.9. The van der Waals surface area contributed by atoms with E-state index in [1.165, 1.54) is 5.56 Å². The molecular formula is C20H26N2O. The maximum Gasteiger partial charge on any atom is 0.117 e. The molecule has 3 nitrogen and oxygen atoms in total. The van der Waals surface area contributed by atoms with Gasteiger partial charge >= 0.3 is 0 Å². The van der Waals surface area contributed by atoms with Gasteiger partial charge in [0, 0.05) is 24.5 Å². The van der Waals surface area contributed by atoms with Crippen molar-refractivity contribution in [1.29, 1.82) is 0 Å². The minimum absolute atomic E-state index is 0.0819. The van der Waals surface area contributed by atoms with E-state index < -0.39 is 0 Å². The van der Waals surface area contributed by atoms with Gasteiger partial charge in [-0.1, -0.05) is 32.9 Å². The molecule has 0 unspecified atom stereocenters. The van der Waals surface area contributed by atoms with Crippen LogP contribution in [0.25, 0.3) is 0 Å². The van der Waals surface area contributed by atoms with E-state index in [1.54, 1.807) is 12.1 Å². The summed E-state index contributed by atoms with van der Waals surface area (Å²) in [5, 5.41) is 9.77. The van der Waals surface area contributed by atoms with Crippen molar-refractivity contribution >= 4 is 23.3 Å². The summed E-state index contributed by atoms with van der Waals surface area (Å²) in [6.07, 6.45) is 1.82. The van der Waals surface area contributed by atoms with E-state index in [-0.39, 0.29) is 11.2 Å². The first kappa shape index (κ1) is 17.1. The van der Waals surface area contributed by atoms with Crippen LogP contribution < -0.4 is 4.90 Å². The maximum atomic E-state index is 9.77. The fourth-order valence-corrected chi connectivity index (χ4v) is 2.61. The number of phenols is 1. The Hall–Kier alpha value is -2.29. The van der Waals surface area contributed by atoms with Gasteiger partial charge in [-0.15, -0.1) is 0 Å². The van der Waals surface area contributed by atoms with Gasteiger partial charge < -0.3 is 10.0 Å². The molecule has 2 rings (SSSR count). The van der Waals surface area contributed by atoms with Crippen molar-refractivity contribution in [1.82, 2.24) is 0 Å². The molecule has 0 saturated carbocycles. The topological polar surface area (TPSA) is 35.8 Å². The number of hydrogen-bond acceptors (Lipinski definition) is 3. The van der Waals surface area contributed by atoms with E-state index in [2.05, 4.69) is 55.8 Å². The molecule has 0 aliphatic heterocycles. The van der Waals surface area contributed by atoms with Gasteiger partial charge in [-0.3, -0.25) is 4.99 Å². The van der Waals surface area contributed by atoms with E-state index in [1.807, 2.05) is 25.3 Å². The summed E-state index contributed by atoms with van der Waals surface area (Å²) in [6.45, 7) is 11.4. The molecule has 0 heterocycles. The number of phenolic OH excluding ortho intramolecular Hbond substituents is 1. The predicted octanol–water partition coefficient (Wildman–Crippen LogP) is 5.57. The summed E-state index contributed by atoms with van der Waals surface area (Å²) in [4.78, 5) is 6.73. The lowest BCUT2D eigenvalue weighted by atomic mass is 9.86. The Balaban J connectivity index is 2.55. The maximum absolute atomic E-state index is 9.77. The molecule has 2 aromatic carbocycles. The van der Waals surface area contributed by atoms with Crippen molar-refractivity contribution in [2.75, 3.05) is 11.4 Å². The van der Waals surface area contributed by atoms with Gasteiger partial charge in [0.1, 0.15) is 5.75 Å². The van der Waals surface area contributed by atoms with Crippen molar-refractivity contribution < 1.29 is 5.11 Å². The normalized spacial score (nSPS) is 11.9. The summed E-state index contributed by atoms with van der Waals surface area (Å²) in [5.74, 6) is 0.271. The van der Waals surface area contributed by atoms with Crippen LogP contribution >= 0.6 is 0 Å². The van der Waals surface area contributed by atoms with Gasteiger partial charge in [-0.25, -0.2) is 0 Å². The molecule has 0 aliphatic carbocycles. The Morgan fingerprint density at radius 2 is 1.87 bits per heavy atom. The van der Waals surface area contributed by atoms with Crippen molar-refractivity contribution in [2.24, 2.45) is 4.99 Å². The predicted molar refractivity (Wildman–Crippen MR) is 99.8 cm³/mol. The van der Waals surface area contributed by atoms with E-state index in [0.29, 0.717) is 0 Å². The summed E-state index contributed by atoms with van der Waals surface area (Å²) in [5.41, 5.74) is 4.30. The number of benzene rings is 2. The fraction of sp³-hybridized carbons (Fsp3) is 0.350. The third-order valence-corrected chi connectivity index (χ3v) is 3.86. The Morgan fingerprint density at radius 1 is 1.13 bits per heavy atom. The molecule has 0 aliphatic rings. The largest absolute Gasteiger partial charge is 0.508 e. The molecule has 2 aromatic rings. The number of aliphatic imine (C=N–C) groups is 1. The molecule has 122 valence electrons. The highest BCUT2D eigenvalue weighted by Crippen LogP contribution is 2.37. The highest BCUT2D eigenvalue weighted by molar-refractivity contribution is 5.78. The van der Waals surface area contributed by atoms with Gasteiger partial charge in [-0.2, -0.15) is 0 Å². The highest BCUT2D eigenvalue weighted by Gasteiger charge is 2.18. The molecule has 0 aromatic heterocycles. The van der Waals surface area contributed by atoms with E-state index in [4.69, 9.17) is 0 Å². The quantitative estimate of drug-likeness (QED) is 0.749. The average Bonchev–Trinajstić information content (AvgIpc) is 2.49. The molecule has 1 N–H and O–H groups in total. The lowest BCUT2D eigenvalue weighted by Gasteiger charge is -2.27. The van der Waals surface area contributed by atoms with Gasteiger partial charge in [-0.05, 0) is 49.1 Å². The smallest absolute Gasteiger partial charge is 0.117 e. The van der Waals surface area contributed by atoms with Crippen molar-refractivity contribution in [3.05, 3.63) is 48.0 Å². The van der Waals surface area contributed by atoms with Crippen LogP contribution in [0, 0.1) is 0 Å². The summed E-state index contributed by atoms with van der Waals surface area (Å²) in [7, 11) is 0. The molecule has 0 amide bonds. The van der Waals surface area contributed by atoms with Crippen molar-refractivity contribution in [3.8, 4) is 5.75 Å². The van der Waals surface area contributed by atoms with Crippen LogP contribution in [0.1, 0.15) is 40.2 Å². The van der Waals surface area contributed by atoms with Crippen molar-refractivity contribution in [2.45, 2.75) is 40.0 Å². The van der Waals surface area contributed by atoms with E-state index in [9.17, 15) is 5.11 Å². The second kappa shape index (κ2) is 6.86. The SMILES string of the molecule is CC=Nc1cc(C(C)(C)C)ccc1N(CC)c1cccc(O)c1. The van der Waals surface area contributed by atoms with Crippen LogP contribution in [0.5, 0.6) is 5.75 Å². The summed E-state index contributed by atoms with van der Waals surface area (Å²) in [6, 6.07) is 13.8. The standard InChI is InChI=1S/C20H26N2O/c1-6-21-18-13-15(20(3,4)5)11-12-19(18)22(7-2)16-9-8-10-17(23)14-16/h6,8-14,23H,7H2,1-5H3. The summed E-state index contributed by atoms with van der Waals surface area (Å²) < 4.78 is 0. The lowest BCUT2D eigenvalue weighted by Crippen LogP contribution is -2.17. The van der Waals surface area contributed by atoms with Crippen LogP contribution in [0.2, 0.25) is 0 Å². The number of rotatable bonds is 4. The Labute approximate surface area is 139 Å². The monoisotopic (exact) mass is 310 g/mol. The molecule has 0 spiro atoms. The highest BCUT2D eigenvalue weighted by atomic mass is 16.3. The number of nitrogens with zero attached hydrogens (tertiary/aromatic N) is 2. The summed E-state index contributed by atoms with van der Waals surface area (Å²) >= 11 is 0. The number of aromatic hydroxyl groups is 1. The molecule has 0 radical (unpaired) electrons. The lowest BCUT2D eigenvalue weighted by molar-refractivity contribution is 0.475. The minimum Gasteiger partial charge on any atom is -0.508 e. The second-order valence-electron chi connectivity index (χ2n) is 6.60. The zero-order chi connectivity index (χ0) is 17.0. The van der Waals surface area contributed by atoms with Crippen molar-refractivity contribution in [3.63, 3.8) is 0 Å². The van der Waals surface area contributed by atoms with Gasteiger partial charge in [0.2, 0.25) is 0 Å². The van der Waals surface area contributed by atoms with Crippen LogP contribution in [-0.4, -0.2) is 17.9 Å². The van der Waals surface area contributed by atoms with Gasteiger partial charge in [0.25, 0.3) is 0 Å². The zero-order valence-corrected chi connectivity index (χ0v) is 14.7. The number of hydrogen-bond donors (Lipinski definition) is 1. The van der Waals surface area contributed by atoms with E-state index >= 15 is 0 Å². The molecule has 0 bridgehead atoms. The first-order valence-corrected chi connectivity index (χ1v) is 8.06. The second-order valence-corrected chi connectivity index (χ2v) is 6.60. The van der Waals surface area contributed by atoms with E-state index in [0.717, 1.165) is 23.6 Å². The molecule has 3 heteroatoms. The molecular weight excluding hydrogens is 284 g/mol. The van der Waals surface area contributed by atoms with Crippen LogP contribution in [0.3, 0.4) is 0 Å².